The van der Waals surface area contributed by atoms with Crippen LogP contribution in [0.1, 0.15) is 38.2 Å². The van der Waals surface area contributed by atoms with Crippen LogP contribution in [0.5, 0.6) is 0 Å². The third kappa shape index (κ3) is 3.99. The van der Waals surface area contributed by atoms with Gasteiger partial charge in [-0.2, -0.15) is 0 Å². The minimum absolute atomic E-state index is 0.185. The molecule has 0 bridgehead atoms. The number of rotatable bonds is 4. The zero-order valence-corrected chi connectivity index (χ0v) is 18.3. The quantitative estimate of drug-likeness (QED) is 0.725. The average Bonchev–Trinajstić information content (AvgIpc) is 3.25. The van der Waals surface area contributed by atoms with E-state index in [1.807, 2.05) is 11.8 Å². The van der Waals surface area contributed by atoms with Crippen molar-refractivity contribution in [2.75, 3.05) is 32.8 Å². The van der Waals surface area contributed by atoms with Crippen LogP contribution in [0.4, 0.5) is 9.18 Å². The highest BCUT2D eigenvalue weighted by Gasteiger charge is 2.51. The maximum Gasteiger partial charge on any atom is 0.409 e. The predicted octanol–water partition coefficient (Wildman–Crippen LogP) is 3.78. The molecule has 32 heavy (non-hydrogen) atoms. The summed E-state index contributed by atoms with van der Waals surface area (Å²) in [6.07, 6.45) is 12.4. The molecule has 2 fully saturated rings. The Balaban J connectivity index is 1.25. The van der Waals surface area contributed by atoms with Crippen molar-refractivity contribution >= 4 is 11.7 Å². The standard InChI is InChI=1S/C24H28FN5O2/c1-2-32-23(31)30-15-24(16-30)6-3-19(12-24)29-9-4-17(5-10-29)20-11-18(25)13-28-22(20)21-14-26-7-8-27-21/h4,7-8,11,13-14,19H,2-3,5-6,9-10,12,15-16H2,1H3. The molecule has 0 radical (unpaired) electrons. The largest absolute Gasteiger partial charge is 0.450 e. The van der Waals surface area contributed by atoms with Gasteiger partial charge in [0.25, 0.3) is 0 Å². The number of amides is 1. The molecule has 7 nitrogen and oxygen atoms in total. The fourth-order valence-electron chi connectivity index (χ4n) is 5.45. The summed E-state index contributed by atoms with van der Waals surface area (Å²) in [6.45, 7) is 5.67. The number of carbonyl (C=O) groups is 1. The van der Waals surface area contributed by atoms with Gasteiger partial charge in [0.15, 0.2) is 0 Å². The van der Waals surface area contributed by atoms with Gasteiger partial charge in [-0.3, -0.25) is 19.9 Å². The first-order chi connectivity index (χ1) is 15.6. The number of nitrogens with zero attached hydrogens (tertiary/aromatic N) is 5. The summed E-state index contributed by atoms with van der Waals surface area (Å²) < 4.78 is 19.2. The van der Waals surface area contributed by atoms with Gasteiger partial charge in [0.1, 0.15) is 11.5 Å². The van der Waals surface area contributed by atoms with E-state index in [2.05, 4.69) is 25.9 Å². The lowest BCUT2D eigenvalue weighted by atomic mass is 9.78. The van der Waals surface area contributed by atoms with E-state index in [9.17, 15) is 9.18 Å². The van der Waals surface area contributed by atoms with E-state index in [0.29, 0.717) is 24.0 Å². The second kappa shape index (κ2) is 8.58. The van der Waals surface area contributed by atoms with Crippen molar-refractivity contribution in [3.05, 3.63) is 48.3 Å². The second-order valence-electron chi connectivity index (χ2n) is 9.07. The summed E-state index contributed by atoms with van der Waals surface area (Å²) >= 11 is 0. The van der Waals surface area contributed by atoms with Gasteiger partial charge in [-0.05, 0) is 44.2 Å². The van der Waals surface area contributed by atoms with Crippen molar-refractivity contribution in [2.45, 2.75) is 38.6 Å². The lowest BCUT2D eigenvalue weighted by Gasteiger charge is -2.48. The highest BCUT2D eigenvalue weighted by molar-refractivity contribution is 5.77. The summed E-state index contributed by atoms with van der Waals surface area (Å²) in [4.78, 5) is 29.1. The van der Waals surface area contributed by atoms with Crippen LogP contribution in [0, 0.1) is 11.2 Å². The molecule has 4 heterocycles. The molecule has 8 heteroatoms. The van der Waals surface area contributed by atoms with Gasteiger partial charge in [-0.1, -0.05) is 6.08 Å². The Labute approximate surface area is 187 Å². The monoisotopic (exact) mass is 437 g/mol. The molecule has 2 aromatic heterocycles. The van der Waals surface area contributed by atoms with E-state index < -0.39 is 0 Å². The fourth-order valence-corrected chi connectivity index (χ4v) is 5.45. The molecule has 168 valence electrons. The number of ether oxygens (including phenoxy) is 1. The third-order valence-electron chi connectivity index (χ3n) is 7.02. The lowest BCUT2D eigenvalue weighted by Crippen LogP contribution is -2.58. The molecule has 3 aliphatic rings. The molecule has 2 aliphatic heterocycles. The molecule has 1 atom stereocenters. The number of aromatic nitrogens is 3. The summed E-state index contributed by atoms with van der Waals surface area (Å²) in [7, 11) is 0. The van der Waals surface area contributed by atoms with Crippen LogP contribution < -0.4 is 0 Å². The zero-order chi connectivity index (χ0) is 22.1. The molecule has 1 spiro atoms. The van der Waals surface area contributed by atoms with Gasteiger partial charge < -0.3 is 9.64 Å². The first kappa shape index (κ1) is 21.0. The summed E-state index contributed by atoms with van der Waals surface area (Å²) in [6, 6.07) is 2.09. The molecular formula is C24H28FN5O2. The minimum Gasteiger partial charge on any atom is -0.450 e. The SMILES string of the molecule is CCOC(=O)N1CC2(CCC(N3CC=C(c4cc(F)cnc4-c4cnccn4)CC3)C2)C1. The minimum atomic E-state index is -0.343. The predicted molar refractivity (Wildman–Crippen MR) is 118 cm³/mol. The molecule has 0 aromatic carbocycles. The first-order valence-corrected chi connectivity index (χ1v) is 11.3. The van der Waals surface area contributed by atoms with Crippen molar-refractivity contribution in [3.8, 4) is 11.4 Å². The Hall–Kier alpha value is -2.87. The Morgan fingerprint density at radius 3 is 2.88 bits per heavy atom. The zero-order valence-electron chi connectivity index (χ0n) is 18.3. The molecule has 1 unspecified atom stereocenters. The Morgan fingerprint density at radius 2 is 2.16 bits per heavy atom. The van der Waals surface area contributed by atoms with Gasteiger partial charge in [-0.15, -0.1) is 0 Å². The normalized spacial score (nSPS) is 22.5. The van der Waals surface area contributed by atoms with Crippen LogP contribution in [-0.4, -0.2) is 69.7 Å². The van der Waals surface area contributed by atoms with Crippen molar-refractivity contribution in [2.24, 2.45) is 5.41 Å². The molecular weight excluding hydrogens is 409 g/mol. The summed E-state index contributed by atoms with van der Waals surface area (Å²) in [5.74, 6) is -0.343. The number of pyridine rings is 1. The van der Waals surface area contributed by atoms with Crippen LogP contribution >= 0.6 is 0 Å². The van der Waals surface area contributed by atoms with Crippen LogP contribution in [0.3, 0.4) is 0 Å². The summed E-state index contributed by atoms with van der Waals surface area (Å²) in [5, 5.41) is 0. The highest BCUT2D eigenvalue weighted by Crippen LogP contribution is 2.47. The van der Waals surface area contributed by atoms with Gasteiger partial charge >= 0.3 is 6.09 Å². The van der Waals surface area contributed by atoms with E-state index >= 15 is 0 Å². The van der Waals surface area contributed by atoms with Crippen LogP contribution in [-0.2, 0) is 4.74 Å². The maximum absolute atomic E-state index is 14.0. The Kier molecular flexibility index (Phi) is 5.63. The number of hydrogen-bond acceptors (Lipinski definition) is 6. The second-order valence-corrected chi connectivity index (χ2v) is 9.07. The molecule has 1 aliphatic carbocycles. The van der Waals surface area contributed by atoms with Crippen molar-refractivity contribution in [1.29, 1.82) is 0 Å². The van der Waals surface area contributed by atoms with Crippen molar-refractivity contribution < 1.29 is 13.9 Å². The Bertz CT molecular complexity index is 1020. The molecule has 2 aromatic rings. The fraction of sp³-hybridized carbons (Fsp3) is 0.500. The number of carbonyl (C=O) groups excluding carboxylic acids is 1. The van der Waals surface area contributed by atoms with Crippen molar-refractivity contribution in [3.63, 3.8) is 0 Å². The van der Waals surface area contributed by atoms with Crippen LogP contribution in [0.2, 0.25) is 0 Å². The van der Waals surface area contributed by atoms with Gasteiger partial charge in [0, 0.05) is 55.6 Å². The van der Waals surface area contributed by atoms with Gasteiger partial charge in [-0.25, -0.2) is 9.18 Å². The number of hydrogen-bond donors (Lipinski definition) is 0. The topological polar surface area (TPSA) is 71.5 Å². The Morgan fingerprint density at radius 1 is 1.28 bits per heavy atom. The van der Waals surface area contributed by atoms with Crippen molar-refractivity contribution in [1.82, 2.24) is 24.8 Å². The molecule has 1 saturated heterocycles. The molecule has 0 N–H and O–H groups in total. The summed E-state index contributed by atoms with van der Waals surface area (Å²) in [5.41, 5.74) is 3.50. The van der Waals surface area contributed by atoms with E-state index in [-0.39, 0.29) is 17.3 Å². The molecule has 1 saturated carbocycles. The average molecular weight is 438 g/mol. The van der Waals surface area contributed by atoms with Crippen LogP contribution in [0.25, 0.3) is 17.0 Å². The van der Waals surface area contributed by atoms with Crippen LogP contribution in [0.15, 0.2) is 36.9 Å². The first-order valence-electron chi connectivity index (χ1n) is 11.3. The van der Waals surface area contributed by atoms with Gasteiger partial charge in [0.2, 0.25) is 0 Å². The maximum atomic E-state index is 14.0. The third-order valence-corrected chi connectivity index (χ3v) is 7.02. The molecule has 5 rings (SSSR count). The smallest absolute Gasteiger partial charge is 0.409 e. The molecule has 1 amide bonds. The van der Waals surface area contributed by atoms with E-state index in [1.54, 1.807) is 24.7 Å². The van der Waals surface area contributed by atoms with E-state index in [4.69, 9.17) is 4.74 Å². The van der Waals surface area contributed by atoms with E-state index in [1.165, 1.54) is 6.20 Å². The number of likely N-dealkylation sites (tertiary alicyclic amines) is 1. The highest BCUT2D eigenvalue weighted by atomic mass is 19.1. The van der Waals surface area contributed by atoms with Gasteiger partial charge in [0.05, 0.1) is 24.7 Å². The number of halogens is 1. The lowest BCUT2D eigenvalue weighted by molar-refractivity contribution is -0.00244. The van der Waals surface area contributed by atoms with E-state index in [0.717, 1.165) is 63.0 Å².